The van der Waals surface area contributed by atoms with Crippen LogP contribution in [-0.4, -0.2) is 56.0 Å². The van der Waals surface area contributed by atoms with E-state index in [9.17, 15) is 14.4 Å². The van der Waals surface area contributed by atoms with Crippen molar-refractivity contribution in [2.45, 2.75) is 25.8 Å². The molecule has 3 rings (SSSR count). The fourth-order valence-electron chi connectivity index (χ4n) is 3.71. The van der Waals surface area contributed by atoms with E-state index in [-0.39, 0.29) is 43.3 Å². The molecule has 0 saturated heterocycles. The van der Waals surface area contributed by atoms with Gasteiger partial charge >= 0.3 is 0 Å². The SMILES string of the molecule is COCC(=O)NCCC(=O)NC1CN(C(=O)/C=C(\C)c2cccs2)CCc2ccccc21. The van der Waals surface area contributed by atoms with Crippen molar-refractivity contribution in [3.05, 3.63) is 63.9 Å². The normalized spacial score (nSPS) is 16.1. The Morgan fingerprint density at radius 2 is 2.00 bits per heavy atom. The maximum Gasteiger partial charge on any atom is 0.246 e. The lowest BCUT2D eigenvalue weighted by molar-refractivity contribution is -0.128. The fourth-order valence-corrected chi connectivity index (χ4v) is 4.41. The third kappa shape index (κ3) is 6.51. The Morgan fingerprint density at radius 1 is 1.19 bits per heavy atom. The van der Waals surface area contributed by atoms with Crippen LogP contribution in [0.4, 0.5) is 0 Å². The Morgan fingerprint density at radius 3 is 2.75 bits per heavy atom. The van der Waals surface area contributed by atoms with Crippen LogP contribution >= 0.6 is 11.3 Å². The van der Waals surface area contributed by atoms with Gasteiger partial charge in [0.05, 0.1) is 6.04 Å². The molecule has 0 saturated carbocycles. The molecule has 3 amide bonds. The van der Waals surface area contributed by atoms with Gasteiger partial charge in [-0.05, 0) is 41.5 Å². The number of hydrogen-bond donors (Lipinski definition) is 2. The molecular formula is C24H29N3O4S. The molecule has 0 radical (unpaired) electrons. The van der Waals surface area contributed by atoms with Crippen molar-refractivity contribution in [1.29, 1.82) is 0 Å². The van der Waals surface area contributed by atoms with E-state index >= 15 is 0 Å². The summed E-state index contributed by atoms with van der Waals surface area (Å²) in [5, 5.41) is 7.69. The number of carbonyl (C=O) groups excluding carboxylic acids is 3. The lowest BCUT2D eigenvalue weighted by Gasteiger charge is -2.25. The Kier molecular flexibility index (Phi) is 8.58. The molecule has 1 aliphatic rings. The van der Waals surface area contributed by atoms with Gasteiger partial charge in [0.2, 0.25) is 17.7 Å². The summed E-state index contributed by atoms with van der Waals surface area (Å²) < 4.78 is 4.77. The first kappa shape index (κ1) is 23.7. The van der Waals surface area contributed by atoms with Gasteiger partial charge < -0.3 is 20.3 Å². The molecule has 1 unspecified atom stereocenters. The maximum atomic E-state index is 13.0. The van der Waals surface area contributed by atoms with E-state index in [0.29, 0.717) is 13.1 Å². The summed E-state index contributed by atoms with van der Waals surface area (Å²) in [6.07, 6.45) is 2.55. The van der Waals surface area contributed by atoms with Crippen LogP contribution in [0.1, 0.15) is 35.4 Å². The largest absolute Gasteiger partial charge is 0.375 e. The average molecular weight is 456 g/mol. The fraction of sp³-hybridized carbons (Fsp3) is 0.375. The zero-order chi connectivity index (χ0) is 22.9. The number of rotatable bonds is 8. The molecule has 0 fully saturated rings. The molecule has 1 aliphatic heterocycles. The zero-order valence-corrected chi connectivity index (χ0v) is 19.2. The molecule has 0 spiro atoms. The number of thiophene rings is 1. The predicted octanol–water partition coefficient (Wildman–Crippen LogP) is 2.55. The third-order valence-corrected chi connectivity index (χ3v) is 6.34. The minimum atomic E-state index is -0.310. The second-order valence-corrected chi connectivity index (χ2v) is 8.64. The maximum absolute atomic E-state index is 13.0. The highest BCUT2D eigenvalue weighted by Crippen LogP contribution is 2.25. The van der Waals surface area contributed by atoms with E-state index in [1.54, 1.807) is 22.3 Å². The second kappa shape index (κ2) is 11.6. The number of amides is 3. The van der Waals surface area contributed by atoms with Crippen molar-refractivity contribution in [2.24, 2.45) is 0 Å². The summed E-state index contributed by atoms with van der Waals surface area (Å²) in [6.45, 7) is 3.11. The first-order valence-corrected chi connectivity index (χ1v) is 11.5. The number of carbonyl (C=O) groups is 3. The number of methoxy groups -OCH3 is 1. The van der Waals surface area contributed by atoms with Crippen LogP contribution in [-0.2, 0) is 25.5 Å². The highest BCUT2D eigenvalue weighted by Gasteiger charge is 2.26. The smallest absolute Gasteiger partial charge is 0.246 e. The number of fused-ring (bicyclic) bond motifs is 1. The van der Waals surface area contributed by atoms with E-state index in [0.717, 1.165) is 28.0 Å². The van der Waals surface area contributed by atoms with Crippen LogP contribution in [0.3, 0.4) is 0 Å². The summed E-state index contributed by atoms with van der Waals surface area (Å²) >= 11 is 1.60. The van der Waals surface area contributed by atoms with Gasteiger partial charge in [-0.25, -0.2) is 0 Å². The van der Waals surface area contributed by atoms with Gasteiger partial charge in [-0.3, -0.25) is 14.4 Å². The zero-order valence-electron chi connectivity index (χ0n) is 18.4. The molecule has 0 bridgehead atoms. The first-order valence-electron chi connectivity index (χ1n) is 10.6. The third-order valence-electron chi connectivity index (χ3n) is 5.33. The van der Waals surface area contributed by atoms with Gasteiger partial charge in [0.1, 0.15) is 6.61 Å². The van der Waals surface area contributed by atoms with E-state index < -0.39 is 0 Å². The van der Waals surface area contributed by atoms with Crippen molar-refractivity contribution in [3.63, 3.8) is 0 Å². The molecule has 8 heteroatoms. The van der Waals surface area contributed by atoms with Gasteiger partial charge in [-0.15, -0.1) is 11.3 Å². The molecule has 32 heavy (non-hydrogen) atoms. The van der Waals surface area contributed by atoms with Crippen LogP contribution in [0.5, 0.6) is 0 Å². The summed E-state index contributed by atoms with van der Waals surface area (Å²) in [5.41, 5.74) is 3.08. The predicted molar refractivity (Wildman–Crippen MR) is 125 cm³/mol. The second-order valence-electron chi connectivity index (χ2n) is 7.69. The van der Waals surface area contributed by atoms with E-state index in [2.05, 4.69) is 10.6 Å². The molecule has 1 atom stereocenters. The lowest BCUT2D eigenvalue weighted by atomic mass is 9.99. The molecule has 2 N–H and O–H groups in total. The quantitative estimate of drug-likeness (QED) is 0.599. The van der Waals surface area contributed by atoms with Crippen molar-refractivity contribution in [3.8, 4) is 0 Å². The molecule has 2 heterocycles. The van der Waals surface area contributed by atoms with Crippen molar-refractivity contribution < 1.29 is 19.1 Å². The molecule has 170 valence electrons. The lowest BCUT2D eigenvalue weighted by Crippen LogP contribution is -2.40. The number of ether oxygens (including phenoxy) is 1. The Hall–Kier alpha value is -2.97. The summed E-state index contributed by atoms with van der Waals surface area (Å²) in [5.74, 6) is -0.498. The van der Waals surface area contributed by atoms with E-state index in [4.69, 9.17) is 4.74 Å². The van der Waals surface area contributed by atoms with Crippen LogP contribution in [0, 0.1) is 0 Å². The van der Waals surface area contributed by atoms with Gasteiger partial charge in [0, 0.05) is 44.1 Å². The first-order chi connectivity index (χ1) is 15.5. The molecule has 7 nitrogen and oxygen atoms in total. The van der Waals surface area contributed by atoms with Gasteiger partial charge in [-0.2, -0.15) is 0 Å². The molecular weight excluding hydrogens is 426 g/mol. The number of hydrogen-bond acceptors (Lipinski definition) is 5. The topological polar surface area (TPSA) is 87.7 Å². The monoisotopic (exact) mass is 455 g/mol. The van der Waals surface area contributed by atoms with Crippen LogP contribution in [0.2, 0.25) is 0 Å². The number of nitrogens with one attached hydrogen (secondary N) is 2. The van der Waals surface area contributed by atoms with Gasteiger partial charge in [0.15, 0.2) is 0 Å². The minimum absolute atomic E-state index is 0.0346. The number of allylic oxidation sites excluding steroid dienone is 1. The van der Waals surface area contributed by atoms with Crippen molar-refractivity contribution >= 4 is 34.6 Å². The van der Waals surface area contributed by atoms with Crippen molar-refractivity contribution in [2.75, 3.05) is 33.4 Å². The molecule has 1 aromatic carbocycles. The van der Waals surface area contributed by atoms with Crippen LogP contribution in [0.25, 0.3) is 5.57 Å². The highest BCUT2D eigenvalue weighted by atomic mass is 32.1. The minimum Gasteiger partial charge on any atom is -0.375 e. The van der Waals surface area contributed by atoms with Crippen molar-refractivity contribution in [1.82, 2.24) is 15.5 Å². The van der Waals surface area contributed by atoms with E-state index in [1.165, 1.54) is 7.11 Å². The molecule has 0 aliphatic carbocycles. The number of benzene rings is 1. The summed E-state index contributed by atoms with van der Waals surface area (Å²) in [6, 6.07) is 11.6. The van der Waals surface area contributed by atoms with Crippen LogP contribution < -0.4 is 10.6 Å². The molecule has 1 aromatic heterocycles. The van der Waals surface area contributed by atoms with Gasteiger partial charge in [0.25, 0.3) is 0 Å². The Bertz CT molecular complexity index is 971. The Balaban J connectivity index is 1.68. The Labute approximate surface area is 192 Å². The van der Waals surface area contributed by atoms with Crippen LogP contribution in [0.15, 0.2) is 47.9 Å². The number of nitrogens with zero attached hydrogens (tertiary/aromatic N) is 1. The summed E-state index contributed by atoms with van der Waals surface area (Å²) in [7, 11) is 1.44. The average Bonchev–Trinajstić information content (AvgIpc) is 3.25. The standard InChI is InChI=1S/C24H29N3O4S/c1-17(21-8-5-13-32-21)14-24(30)27-12-10-18-6-3-4-7-19(18)20(15-27)26-22(28)9-11-25-23(29)16-31-2/h3-8,13-14,20H,9-12,15-16H2,1-2H3,(H,25,29)(H,26,28)/b17-14+. The van der Waals surface area contributed by atoms with Gasteiger partial charge in [-0.1, -0.05) is 30.3 Å². The van der Waals surface area contributed by atoms with E-state index in [1.807, 2.05) is 48.7 Å². The molecule has 2 aromatic rings. The highest BCUT2D eigenvalue weighted by molar-refractivity contribution is 7.11. The summed E-state index contributed by atoms with van der Waals surface area (Å²) in [4.78, 5) is 40.0.